The summed E-state index contributed by atoms with van der Waals surface area (Å²) in [4.78, 5) is 53.2. The maximum Gasteiger partial charge on any atom is 0.333 e. The average molecular weight is 482 g/mol. The van der Waals surface area contributed by atoms with Crippen LogP contribution in [0.2, 0.25) is 5.02 Å². The van der Waals surface area contributed by atoms with Gasteiger partial charge < -0.3 is 24.9 Å². The molecule has 0 atom stereocenters. The highest BCUT2D eigenvalue weighted by atomic mass is 35.5. The predicted octanol–water partition coefficient (Wildman–Crippen LogP) is 2.89. The molecular weight excluding hydrogens is 462 g/mol. The number of fused-ring (bicyclic) bond motifs is 1. The van der Waals surface area contributed by atoms with Crippen LogP contribution >= 0.6 is 11.6 Å². The lowest BCUT2D eigenvalue weighted by Gasteiger charge is -2.12. The maximum atomic E-state index is 13.2. The summed E-state index contributed by atoms with van der Waals surface area (Å²) in [5, 5.41) is 5.81. The number of methoxy groups -OCH3 is 1. The summed E-state index contributed by atoms with van der Waals surface area (Å²) in [5.41, 5.74) is 0.119. The fourth-order valence-corrected chi connectivity index (χ4v) is 3.77. The molecule has 4 aromatic rings. The molecule has 10 nitrogen and oxygen atoms in total. The average Bonchev–Trinajstić information content (AvgIpc) is 3.11. The van der Waals surface area contributed by atoms with E-state index < -0.39 is 17.2 Å². The van der Waals surface area contributed by atoms with Gasteiger partial charge in [-0.3, -0.25) is 14.4 Å². The van der Waals surface area contributed by atoms with Gasteiger partial charge in [-0.25, -0.2) is 9.36 Å². The van der Waals surface area contributed by atoms with Crippen molar-refractivity contribution in [1.29, 1.82) is 0 Å². The molecule has 0 unspecified atom stereocenters. The number of benzene rings is 2. The van der Waals surface area contributed by atoms with E-state index in [4.69, 9.17) is 16.3 Å². The molecule has 0 saturated carbocycles. The molecule has 0 spiro atoms. The fourth-order valence-electron chi connectivity index (χ4n) is 3.65. The van der Waals surface area contributed by atoms with Crippen molar-refractivity contribution < 1.29 is 14.3 Å². The van der Waals surface area contributed by atoms with E-state index in [0.717, 1.165) is 4.57 Å². The number of H-pyrrole nitrogens is 1. The summed E-state index contributed by atoms with van der Waals surface area (Å²) in [6.45, 7) is 1.37. The third-order valence-corrected chi connectivity index (χ3v) is 5.37. The lowest BCUT2D eigenvalue weighted by atomic mass is 10.2. The Bertz CT molecular complexity index is 1550. The van der Waals surface area contributed by atoms with Gasteiger partial charge in [0.15, 0.2) is 0 Å². The molecular formula is C23H20ClN5O5. The van der Waals surface area contributed by atoms with E-state index in [0.29, 0.717) is 27.8 Å². The molecule has 0 aliphatic heterocycles. The highest BCUT2D eigenvalue weighted by molar-refractivity contribution is 6.30. The van der Waals surface area contributed by atoms with Crippen LogP contribution in [0.25, 0.3) is 16.7 Å². The van der Waals surface area contributed by atoms with Crippen LogP contribution in [0.15, 0.2) is 58.3 Å². The van der Waals surface area contributed by atoms with Crippen LogP contribution < -0.4 is 26.6 Å². The second kappa shape index (κ2) is 8.91. The second-order valence-corrected chi connectivity index (χ2v) is 7.91. The standard InChI is InChI=1S/C23H20ClN5O5/c1-12(30)25-14-6-9-18(34-3)17(10-14)26-21(31)16-11-28(2)20-19(16)27-23(33)29(22(20)32)15-7-4-13(24)5-8-15/h4-11H,1-3H3,(H,25,30)(H,26,31)(H,27,33). The number of nitrogens with zero attached hydrogens (tertiary/aromatic N) is 2. The minimum Gasteiger partial charge on any atom is -0.495 e. The van der Waals surface area contributed by atoms with Crippen LogP contribution in [-0.2, 0) is 11.8 Å². The molecule has 0 bridgehead atoms. The summed E-state index contributed by atoms with van der Waals surface area (Å²) >= 11 is 5.91. The summed E-state index contributed by atoms with van der Waals surface area (Å²) in [5.74, 6) is -0.490. The Kier molecular flexibility index (Phi) is 5.99. The number of rotatable bonds is 5. The van der Waals surface area contributed by atoms with Crippen molar-refractivity contribution in [3.05, 3.63) is 80.1 Å². The molecule has 2 aromatic heterocycles. The fraction of sp³-hybridized carbons (Fsp3) is 0.130. The number of ether oxygens (including phenoxy) is 1. The summed E-state index contributed by atoms with van der Waals surface area (Å²) in [7, 11) is 3.04. The normalized spacial score (nSPS) is 10.8. The molecule has 11 heteroatoms. The highest BCUT2D eigenvalue weighted by Gasteiger charge is 2.21. The minimum absolute atomic E-state index is 0.0851. The Morgan fingerprint density at radius 2 is 1.76 bits per heavy atom. The van der Waals surface area contributed by atoms with Gasteiger partial charge in [0.25, 0.3) is 11.5 Å². The van der Waals surface area contributed by atoms with E-state index >= 15 is 0 Å². The molecule has 2 aromatic carbocycles. The van der Waals surface area contributed by atoms with Crippen LogP contribution in [-0.4, -0.2) is 33.0 Å². The number of halogens is 1. The number of hydrogen-bond acceptors (Lipinski definition) is 5. The van der Waals surface area contributed by atoms with Gasteiger partial charge in [-0.2, -0.15) is 0 Å². The first kappa shape index (κ1) is 22.9. The Morgan fingerprint density at radius 3 is 2.41 bits per heavy atom. The number of nitrogens with one attached hydrogen (secondary N) is 3. The number of amides is 2. The number of aryl methyl sites for hydroxylation is 1. The van der Waals surface area contributed by atoms with Crippen molar-refractivity contribution in [3.63, 3.8) is 0 Å². The zero-order valence-electron chi connectivity index (χ0n) is 18.4. The van der Waals surface area contributed by atoms with Gasteiger partial charge in [0.05, 0.1) is 29.6 Å². The Balaban J connectivity index is 1.78. The van der Waals surface area contributed by atoms with Gasteiger partial charge >= 0.3 is 5.69 Å². The van der Waals surface area contributed by atoms with Crippen molar-refractivity contribution in [1.82, 2.24) is 14.1 Å². The van der Waals surface area contributed by atoms with Gasteiger partial charge in [0.2, 0.25) is 5.91 Å². The summed E-state index contributed by atoms with van der Waals surface area (Å²) in [6.07, 6.45) is 1.45. The van der Waals surface area contributed by atoms with Crippen molar-refractivity contribution in [3.8, 4) is 11.4 Å². The largest absolute Gasteiger partial charge is 0.495 e. The van der Waals surface area contributed by atoms with Gasteiger partial charge in [-0.15, -0.1) is 0 Å². The highest BCUT2D eigenvalue weighted by Crippen LogP contribution is 2.29. The van der Waals surface area contributed by atoms with Crippen molar-refractivity contribution in [2.75, 3.05) is 17.7 Å². The molecule has 0 saturated heterocycles. The van der Waals surface area contributed by atoms with E-state index in [1.54, 1.807) is 49.5 Å². The van der Waals surface area contributed by atoms with E-state index in [-0.39, 0.29) is 22.5 Å². The van der Waals surface area contributed by atoms with E-state index in [9.17, 15) is 19.2 Å². The monoisotopic (exact) mass is 481 g/mol. The molecule has 174 valence electrons. The topological polar surface area (TPSA) is 127 Å². The maximum absolute atomic E-state index is 13.2. The third-order valence-electron chi connectivity index (χ3n) is 5.12. The van der Waals surface area contributed by atoms with Gasteiger partial charge in [0, 0.05) is 30.9 Å². The van der Waals surface area contributed by atoms with Crippen LogP contribution in [0.5, 0.6) is 5.75 Å². The van der Waals surface area contributed by atoms with E-state index in [2.05, 4.69) is 15.6 Å². The lowest BCUT2D eigenvalue weighted by molar-refractivity contribution is -0.114. The van der Waals surface area contributed by atoms with Crippen LogP contribution in [0.4, 0.5) is 11.4 Å². The zero-order chi connectivity index (χ0) is 24.6. The second-order valence-electron chi connectivity index (χ2n) is 7.47. The number of hydrogen-bond donors (Lipinski definition) is 3. The number of carbonyl (C=O) groups excluding carboxylic acids is 2. The smallest absolute Gasteiger partial charge is 0.333 e. The first-order valence-electron chi connectivity index (χ1n) is 10.1. The first-order chi connectivity index (χ1) is 16.2. The Morgan fingerprint density at radius 1 is 1.06 bits per heavy atom. The molecule has 34 heavy (non-hydrogen) atoms. The van der Waals surface area contributed by atoms with Crippen LogP contribution in [0, 0.1) is 0 Å². The predicted molar refractivity (Wildman–Crippen MR) is 129 cm³/mol. The first-order valence-corrected chi connectivity index (χ1v) is 10.4. The molecule has 3 N–H and O–H groups in total. The molecule has 0 radical (unpaired) electrons. The molecule has 0 aliphatic rings. The zero-order valence-corrected chi connectivity index (χ0v) is 19.2. The van der Waals surface area contributed by atoms with Crippen LogP contribution in [0.1, 0.15) is 17.3 Å². The lowest BCUT2D eigenvalue weighted by Crippen LogP contribution is -2.34. The van der Waals surface area contributed by atoms with E-state index in [1.807, 2.05) is 0 Å². The minimum atomic E-state index is -0.703. The van der Waals surface area contributed by atoms with Crippen molar-refractivity contribution in [2.24, 2.45) is 7.05 Å². The third kappa shape index (κ3) is 4.18. The van der Waals surface area contributed by atoms with Gasteiger partial charge in [-0.1, -0.05) is 11.6 Å². The van der Waals surface area contributed by atoms with Crippen LogP contribution in [0.3, 0.4) is 0 Å². The number of carbonyl (C=O) groups is 2. The molecule has 2 heterocycles. The molecule has 2 amide bonds. The molecule has 0 aliphatic carbocycles. The summed E-state index contributed by atoms with van der Waals surface area (Å²) in [6, 6.07) is 11.0. The van der Waals surface area contributed by atoms with E-state index in [1.165, 1.54) is 24.8 Å². The number of anilines is 2. The van der Waals surface area contributed by atoms with Crippen molar-refractivity contribution in [2.45, 2.75) is 6.92 Å². The number of aromatic nitrogens is 3. The molecule has 4 rings (SSSR count). The van der Waals surface area contributed by atoms with Gasteiger partial charge in [0.1, 0.15) is 11.3 Å². The van der Waals surface area contributed by atoms with Gasteiger partial charge in [-0.05, 0) is 42.5 Å². The van der Waals surface area contributed by atoms with Crippen molar-refractivity contribution >= 4 is 45.8 Å². The Labute approximate surface area is 197 Å². The number of aromatic amines is 1. The molecule has 0 fully saturated rings. The quantitative estimate of drug-likeness (QED) is 0.404. The SMILES string of the molecule is COc1ccc(NC(C)=O)cc1NC(=O)c1cn(C)c2c(=O)n(-c3ccc(Cl)cc3)c(=O)[nH]c12. The Hall–Kier alpha value is -4.31. The summed E-state index contributed by atoms with van der Waals surface area (Å²) < 4.78 is 7.74.